The maximum Gasteiger partial charge on any atom is 0.219 e. The largest absolute Gasteiger partial charge is 0.346 e. The smallest absolute Gasteiger partial charge is 0.219 e. The Labute approximate surface area is 97.3 Å². The molecule has 1 saturated carbocycles. The number of benzene rings is 1. The van der Waals surface area contributed by atoms with Crippen LogP contribution in [-0.4, -0.2) is 24.4 Å². The highest BCUT2D eigenvalue weighted by Crippen LogP contribution is 2.53. The summed E-state index contributed by atoms with van der Waals surface area (Å²) in [7, 11) is 1.88. The molecule has 1 aliphatic carbocycles. The molecule has 0 N–H and O–H groups in total. The molecule has 0 bridgehead atoms. The number of carbonyl (C=O) groups excluding carboxylic acids is 1. The van der Waals surface area contributed by atoms with Crippen LogP contribution in [0.1, 0.15) is 25.8 Å². The van der Waals surface area contributed by atoms with Crippen LogP contribution in [0.3, 0.4) is 0 Å². The standard InChI is InChI=1S/C14H19NO/c1-11(16)15(3)10-13-9-14(13,2)12-7-5-4-6-8-12/h4-8,13H,9-10H2,1-3H3. The molecule has 2 unspecified atom stereocenters. The molecule has 1 aromatic carbocycles. The Morgan fingerprint density at radius 1 is 1.44 bits per heavy atom. The molecule has 2 heteroatoms. The zero-order chi connectivity index (χ0) is 11.8. The van der Waals surface area contributed by atoms with Gasteiger partial charge in [-0.05, 0) is 23.3 Å². The first-order chi connectivity index (χ1) is 7.54. The zero-order valence-corrected chi connectivity index (χ0v) is 10.2. The van der Waals surface area contributed by atoms with Gasteiger partial charge in [0.2, 0.25) is 5.91 Å². The first-order valence-electron chi connectivity index (χ1n) is 5.81. The van der Waals surface area contributed by atoms with Crippen LogP contribution in [0.15, 0.2) is 30.3 Å². The predicted octanol–water partition coefficient (Wildman–Crippen LogP) is 2.44. The molecule has 2 atom stereocenters. The van der Waals surface area contributed by atoms with Crippen LogP contribution in [0.25, 0.3) is 0 Å². The summed E-state index contributed by atoms with van der Waals surface area (Å²) in [5.74, 6) is 0.770. The summed E-state index contributed by atoms with van der Waals surface area (Å²) in [6.45, 7) is 4.80. The van der Waals surface area contributed by atoms with Crippen molar-refractivity contribution in [3.63, 3.8) is 0 Å². The van der Waals surface area contributed by atoms with Gasteiger partial charge in [0.1, 0.15) is 0 Å². The van der Waals surface area contributed by atoms with E-state index in [0.29, 0.717) is 5.92 Å². The second kappa shape index (κ2) is 3.93. The minimum Gasteiger partial charge on any atom is -0.346 e. The molecule has 1 aromatic rings. The third kappa shape index (κ3) is 1.97. The minimum absolute atomic E-state index is 0.155. The maximum atomic E-state index is 11.2. The summed E-state index contributed by atoms with van der Waals surface area (Å²) in [5, 5.41) is 0. The van der Waals surface area contributed by atoms with Crippen LogP contribution >= 0.6 is 0 Å². The lowest BCUT2D eigenvalue weighted by molar-refractivity contribution is -0.127. The van der Waals surface area contributed by atoms with E-state index in [4.69, 9.17) is 0 Å². The van der Waals surface area contributed by atoms with Crippen molar-refractivity contribution in [2.75, 3.05) is 13.6 Å². The molecule has 2 nitrogen and oxygen atoms in total. The second-order valence-electron chi connectivity index (χ2n) is 5.08. The van der Waals surface area contributed by atoms with E-state index in [0.717, 1.165) is 6.54 Å². The fourth-order valence-electron chi connectivity index (χ4n) is 2.35. The van der Waals surface area contributed by atoms with Crippen LogP contribution in [-0.2, 0) is 10.2 Å². The molecule has 1 fully saturated rings. The fourth-order valence-corrected chi connectivity index (χ4v) is 2.35. The van der Waals surface area contributed by atoms with Gasteiger partial charge in [0.15, 0.2) is 0 Å². The molecule has 1 aliphatic rings. The van der Waals surface area contributed by atoms with Gasteiger partial charge in [-0.25, -0.2) is 0 Å². The van der Waals surface area contributed by atoms with E-state index >= 15 is 0 Å². The maximum absolute atomic E-state index is 11.2. The van der Waals surface area contributed by atoms with Crippen LogP contribution < -0.4 is 0 Å². The topological polar surface area (TPSA) is 20.3 Å². The van der Waals surface area contributed by atoms with Crippen LogP contribution in [0, 0.1) is 5.92 Å². The van der Waals surface area contributed by atoms with Gasteiger partial charge in [-0.15, -0.1) is 0 Å². The van der Waals surface area contributed by atoms with Crippen molar-refractivity contribution < 1.29 is 4.79 Å². The lowest BCUT2D eigenvalue weighted by atomic mass is 9.95. The van der Waals surface area contributed by atoms with Gasteiger partial charge in [0.05, 0.1) is 0 Å². The lowest BCUT2D eigenvalue weighted by Crippen LogP contribution is -2.27. The molecular weight excluding hydrogens is 198 g/mol. The molecule has 0 spiro atoms. The normalized spacial score (nSPS) is 27.6. The van der Waals surface area contributed by atoms with Crippen LogP contribution in [0.2, 0.25) is 0 Å². The van der Waals surface area contributed by atoms with Crippen molar-refractivity contribution in [1.29, 1.82) is 0 Å². The van der Waals surface area contributed by atoms with Crippen LogP contribution in [0.5, 0.6) is 0 Å². The van der Waals surface area contributed by atoms with Gasteiger partial charge in [0, 0.05) is 20.5 Å². The first kappa shape index (κ1) is 11.2. The summed E-state index contributed by atoms with van der Waals surface area (Å²) in [6, 6.07) is 10.6. The molecular formula is C14H19NO. The average molecular weight is 217 g/mol. The zero-order valence-electron chi connectivity index (χ0n) is 10.2. The quantitative estimate of drug-likeness (QED) is 0.761. The molecule has 16 heavy (non-hydrogen) atoms. The summed E-state index contributed by atoms with van der Waals surface area (Å²) < 4.78 is 0. The molecule has 0 radical (unpaired) electrons. The van der Waals surface area contributed by atoms with Gasteiger partial charge in [-0.1, -0.05) is 37.3 Å². The number of amides is 1. The van der Waals surface area contributed by atoms with Crippen molar-refractivity contribution in [2.45, 2.75) is 25.7 Å². The average Bonchev–Trinajstić information content (AvgIpc) is 2.92. The molecule has 1 amide bonds. The van der Waals surface area contributed by atoms with E-state index in [-0.39, 0.29) is 11.3 Å². The second-order valence-corrected chi connectivity index (χ2v) is 5.08. The highest BCUT2D eigenvalue weighted by atomic mass is 16.2. The van der Waals surface area contributed by atoms with E-state index in [9.17, 15) is 4.79 Å². The Morgan fingerprint density at radius 2 is 2.06 bits per heavy atom. The fraction of sp³-hybridized carbons (Fsp3) is 0.500. The Hall–Kier alpha value is -1.31. The van der Waals surface area contributed by atoms with Crippen molar-refractivity contribution in [3.05, 3.63) is 35.9 Å². The molecule has 0 saturated heterocycles. The number of nitrogens with zero attached hydrogens (tertiary/aromatic N) is 1. The third-order valence-electron chi connectivity index (χ3n) is 3.88. The van der Waals surface area contributed by atoms with Gasteiger partial charge >= 0.3 is 0 Å². The van der Waals surface area contributed by atoms with Gasteiger partial charge in [0.25, 0.3) is 0 Å². The lowest BCUT2D eigenvalue weighted by Gasteiger charge is -2.17. The monoisotopic (exact) mass is 217 g/mol. The molecule has 0 heterocycles. The summed E-state index contributed by atoms with van der Waals surface area (Å²) in [5.41, 5.74) is 1.68. The Morgan fingerprint density at radius 3 is 2.62 bits per heavy atom. The number of rotatable bonds is 3. The number of hydrogen-bond acceptors (Lipinski definition) is 1. The van der Waals surface area contributed by atoms with Gasteiger partial charge in [-0.2, -0.15) is 0 Å². The van der Waals surface area contributed by atoms with E-state index in [1.807, 2.05) is 18.0 Å². The molecule has 86 valence electrons. The number of carbonyl (C=O) groups is 1. The van der Waals surface area contributed by atoms with Crippen molar-refractivity contribution >= 4 is 5.91 Å². The molecule has 0 aliphatic heterocycles. The SMILES string of the molecule is CC(=O)N(C)CC1CC1(C)c1ccccc1. The predicted molar refractivity (Wildman–Crippen MR) is 65.2 cm³/mol. The van der Waals surface area contributed by atoms with Gasteiger partial charge < -0.3 is 4.90 Å². The summed E-state index contributed by atoms with van der Waals surface area (Å²) in [6.07, 6.45) is 1.19. The van der Waals surface area contributed by atoms with E-state index in [1.165, 1.54) is 12.0 Å². The first-order valence-corrected chi connectivity index (χ1v) is 5.81. The van der Waals surface area contributed by atoms with Gasteiger partial charge in [-0.3, -0.25) is 4.79 Å². The highest BCUT2D eigenvalue weighted by molar-refractivity contribution is 5.72. The van der Waals surface area contributed by atoms with E-state index in [2.05, 4.69) is 31.2 Å². The number of hydrogen-bond donors (Lipinski definition) is 0. The Kier molecular flexibility index (Phi) is 2.75. The molecule has 0 aromatic heterocycles. The highest BCUT2D eigenvalue weighted by Gasteiger charge is 2.51. The van der Waals surface area contributed by atoms with E-state index < -0.39 is 0 Å². The van der Waals surface area contributed by atoms with Crippen molar-refractivity contribution in [1.82, 2.24) is 4.90 Å². The van der Waals surface area contributed by atoms with E-state index in [1.54, 1.807) is 6.92 Å². The Bertz CT molecular complexity index is 387. The Balaban J connectivity index is 2.02. The molecule has 2 rings (SSSR count). The van der Waals surface area contributed by atoms with Crippen molar-refractivity contribution in [3.8, 4) is 0 Å². The van der Waals surface area contributed by atoms with Crippen molar-refractivity contribution in [2.24, 2.45) is 5.92 Å². The third-order valence-corrected chi connectivity index (χ3v) is 3.88. The minimum atomic E-state index is 0.155. The van der Waals surface area contributed by atoms with Crippen LogP contribution in [0.4, 0.5) is 0 Å². The summed E-state index contributed by atoms with van der Waals surface area (Å²) >= 11 is 0. The summed E-state index contributed by atoms with van der Waals surface area (Å²) in [4.78, 5) is 13.0.